The molecule has 3 aromatic carbocycles. The van der Waals surface area contributed by atoms with Gasteiger partial charge in [0.1, 0.15) is 12.4 Å². The molecule has 0 bridgehead atoms. The first-order chi connectivity index (χ1) is 15.6. The maximum atomic E-state index is 12.6. The van der Waals surface area contributed by atoms with Crippen LogP contribution >= 0.6 is 23.4 Å². The van der Waals surface area contributed by atoms with E-state index in [1.807, 2.05) is 54.6 Å². The number of carbonyl (C=O) groups excluding carboxylic acids is 1. The lowest BCUT2D eigenvalue weighted by Crippen LogP contribution is -2.22. The zero-order chi connectivity index (χ0) is 22.3. The zero-order valence-corrected chi connectivity index (χ0v) is 18.8. The monoisotopic (exact) mass is 465 g/mol. The number of hydrogen-bond acceptors (Lipinski definition) is 6. The maximum Gasteiger partial charge on any atom is 0.277 e. The van der Waals surface area contributed by atoms with Gasteiger partial charge in [-0.3, -0.25) is 4.79 Å². The number of rotatable bonds is 8. The van der Waals surface area contributed by atoms with Crippen LogP contribution in [0, 0.1) is 0 Å². The Morgan fingerprint density at radius 1 is 1.06 bits per heavy atom. The van der Waals surface area contributed by atoms with Gasteiger partial charge in [-0.15, -0.1) is 10.2 Å². The van der Waals surface area contributed by atoms with Crippen LogP contribution in [0.1, 0.15) is 12.5 Å². The number of thioether (sulfide) groups is 1. The molecule has 8 heteroatoms. The molecular formula is C24H20ClN3O3S. The van der Waals surface area contributed by atoms with Crippen LogP contribution in [0.15, 0.2) is 88.5 Å². The van der Waals surface area contributed by atoms with Crippen LogP contribution in [0.3, 0.4) is 0 Å². The van der Waals surface area contributed by atoms with E-state index in [0.717, 1.165) is 16.9 Å². The van der Waals surface area contributed by atoms with Gasteiger partial charge in [-0.1, -0.05) is 59.8 Å². The van der Waals surface area contributed by atoms with Crippen molar-refractivity contribution < 1.29 is 13.9 Å². The molecule has 0 fully saturated rings. The largest absolute Gasteiger partial charge is 0.489 e. The zero-order valence-electron chi connectivity index (χ0n) is 17.2. The van der Waals surface area contributed by atoms with Crippen molar-refractivity contribution in [2.24, 2.45) is 0 Å². The Hall–Kier alpha value is -3.29. The van der Waals surface area contributed by atoms with E-state index in [0.29, 0.717) is 28.4 Å². The molecule has 0 aliphatic rings. The van der Waals surface area contributed by atoms with Gasteiger partial charge in [0.15, 0.2) is 0 Å². The summed E-state index contributed by atoms with van der Waals surface area (Å²) in [6, 6.07) is 24.3. The van der Waals surface area contributed by atoms with Crippen LogP contribution in [0.2, 0.25) is 5.02 Å². The lowest BCUT2D eigenvalue weighted by atomic mass is 10.2. The number of halogens is 1. The van der Waals surface area contributed by atoms with Crippen LogP contribution < -0.4 is 10.1 Å². The molecule has 1 N–H and O–H groups in total. The second-order valence-electron chi connectivity index (χ2n) is 6.93. The van der Waals surface area contributed by atoms with Crippen LogP contribution in [0.5, 0.6) is 5.75 Å². The first-order valence-corrected chi connectivity index (χ1v) is 11.2. The molecule has 0 aliphatic carbocycles. The molecule has 4 rings (SSSR count). The third-order valence-corrected chi connectivity index (χ3v) is 5.66. The van der Waals surface area contributed by atoms with E-state index in [1.54, 1.807) is 31.2 Å². The second-order valence-corrected chi connectivity index (χ2v) is 8.66. The number of hydrogen-bond donors (Lipinski definition) is 1. The van der Waals surface area contributed by atoms with Crippen LogP contribution in [-0.4, -0.2) is 21.4 Å². The van der Waals surface area contributed by atoms with Crippen molar-refractivity contribution in [2.45, 2.75) is 24.0 Å². The Morgan fingerprint density at radius 3 is 2.59 bits per heavy atom. The summed E-state index contributed by atoms with van der Waals surface area (Å²) in [6.07, 6.45) is 0. The minimum atomic E-state index is -0.434. The number of nitrogens with zero attached hydrogens (tertiary/aromatic N) is 2. The van der Waals surface area contributed by atoms with Gasteiger partial charge in [-0.05, 0) is 55.0 Å². The summed E-state index contributed by atoms with van der Waals surface area (Å²) in [5.74, 6) is 0.915. The topological polar surface area (TPSA) is 77.2 Å². The summed E-state index contributed by atoms with van der Waals surface area (Å²) in [7, 11) is 0. The Balaban J connectivity index is 1.30. The highest BCUT2D eigenvalue weighted by molar-refractivity contribution is 8.00. The Kier molecular flexibility index (Phi) is 7.09. The Labute approximate surface area is 195 Å². The molecule has 1 heterocycles. The predicted octanol–water partition coefficient (Wildman–Crippen LogP) is 6.09. The second kappa shape index (κ2) is 10.3. The molecule has 0 spiro atoms. The molecule has 1 amide bonds. The summed E-state index contributed by atoms with van der Waals surface area (Å²) in [6.45, 7) is 2.27. The first-order valence-electron chi connectivity index (χ1n) is 9.90. The number of carbonyl (C=O) groups is 1. The normalized spacial score (nSPS) is 11.7. The lowest BCUT2D eigenvalue weighted by molar-refractivity contribution is -0.115. The lowest BCUT2D eigenvalue weighted by Gasteiger charge is -2.11. The van der Waals surface area contributed by atoms with Gasteiger partial charge >= 0.3 is 0 Å². The van der Waals surface area contributed by atoms with E-state index in [2.05, 4.69) is 15.5 Å². The van der Waals surface area contributed by atoms with Gasteiger partial charge in [0.25, 0.3) is 5.22 Å². The molecule has 32 heavy (non-hydrogen) atoms. The summed E-state index contributed by atoms with van der Waals surface area (Å²) in [4.78, 5) is 12.6. The van der Waals surface area contributed by atoms with Gasteiger partial charge in [-0.25, -0.2) is 0 Å². The van der Waals surface area contributed by atoms with E-state index < -0.39 is 5.25 Å². The summed E-state index contributed by atoms with van der Waals surface area (Å²) < 4.78 is 11.4. The Morgan fingerprint density at radius 2 is 1.84 bits per heavy atom. The van der Waals surface area contributed by atoms with Crippen molar-refractivity contribution in [3.8, 4) is 17.2 Å². The molecule has 0 saturated carbocycles. The van der Waals surface area contributed by atoms with Gasteiger partial charge in [0.05, 0.1) is 5.25 Å². The molecule has 162 valence electrons. The fourth-order valence-corrected chi connectivity index (χ4v) is 3.69. The fourth-order valence-electron chi connectivity index (χ4n) is 2.82. The van der Waals surface area contributed by atoms with E-state index in [9.17, 15) is 4.79 Å². The quantitative estimate of drug-likeness (QED) is 0.317. The number of amides is 1. The highest BCUT2D eigenvalue weighted by atomic mass is 35.5. The van der Waals surface area contributed by atoms with Crippen LogP contribution in [0.25, 0.3) is 11.5 Å². The standard InChI is InChI=1S/C24H20ClN3O3S/c1-16(32-24-28-27-23(31-24)18-8-5-9-19(25)14-18)22(29)26-20-10-12-21(13-11-20)30-15-17-6-3-2-4-7-17/h2-14,16H,15H2,1H3,(H,26,29)/t16-/m0/s1. The third-order valence-electron chi connectivity index (χ3n) is 4.50. The smallest absolute Gasteiger partial charge is 0.277 e. The van der Waals surface area contributed by atoms with Gasteiger partial charge < -0.3 is 14.5 Å². The summed E-state index contributed by atoms with van der Waals surface area (Å²) in [5.41, 5.74) is 2.50. The number of anilines is 1. The molecular weight excluding hydrogens is 446 g/mol. The summed E-state index contributed by atoms with van der Waals surface area (Å²) in [5, 5.41) is 11.4. The SMILES string of the molecule is C[C@H](Sc1nnc(-c2cccc(Cl)c2)o1)C(=O)Nc1ccc(OCc2ccccc2)cc1. The molecule has 0 unspecified atom stereocenters. The summed E-state index contributed by atoms with van der Waals surface area (Å²) >= 11 is 7.19. The van der Waals surface area contributed by atoms with E-state index >= 15 is 0 Å². The van der Waals surface area contributed by atoms with Crippen LogP contribution in [0.4, 0.5) is 5.69 Å². The molecule has 0 radical (unpaired) electrons. The van der Waals surface area contributed by atoms with E-state index in [4.69, 9.17) is 20.8 Å². The van der Waals surface area contributed by atoms with E-state index in [1.165, 1.54) is 11.8 Å². The minimum Gasteiger partial charge on any atom is -0.489 e. The molecule has 4 aromatic rings. The van der Waals surface area contributed by atoms with Gasteiger partial charge in [0, 0.05) is 16.3 Å². The van der Waals surface area contributed by atoms with E-state index in [-0.39, 0.29) is 5.91 Å². The van der Waals surface area contributed by atoms with Gasteiger partial charge in [-0.2, -0.15) is 0 Å². The molecule has 0 aliphatic heterocycles. The number of ether oxygens (including phenoxy) is 1. The number of aromatic nitrogens is 2. The fraction of sp³-hybridized carbons (Fsp3) is 0.125. The predicted molar refractivity (Wildman–Crippen MR) is 126 cm³/mol. The van der Waals surface area contributed by atoms with Crippen molar-refractivity contribution >= 4 is 35.0 Å². The van der Waals surface area contributed by atoms with Gasteiger partial charge in [0.2, 0.25) is 11.8 Å². The van der Waals surface area contributed by atoms with Crippen molar-refractivity contribution in [3.63, 3.8) is 0 Å². The highest BCUT2D eigenvalue weighted by Gasteiger charge is 2.19. The first kappa shape index (κ1) is 21.9. The average Bonchev–Trinajstić information content (AvgIpc) is 3.28. The van der Waals surface area contributed by atoms with Crippen molar-refractivity contribution in [1.29, 1.82) is 0 Å². The molecule has 1 atom stereocenters. The van der Waals surface area contributed by atoms with Crippen molar-refractivity contribution in [2.75, 3.05) is 5.32 Å². The maximum absolute atomic E-state index is 12.6. The number of nitrogens with one attached hydrogen (secondary N) is 1. The Bertz CT molecular complexity index is 1180. The molecule has 0 saturated heterocycles. The van der Waals surface area contributed by atoms with Crippen molar-refractivity contribution in [1.82, 2.24) is 10.2 Å². The number of benzene rings is 3. The molecule has 1 aromatic heterocycles. The highest BCUT2D eigenvalue weighted by Crippen LogP contribution is 2.28. The van der Waals surface area contributed by atoms with Crippen LogP contribution in [-0.2, 0) is 11.4 Å². The minimum absolute atomic E-state index is 0.171. The van der Waals surface area contributed by atoms with Crippen molar-refractivity contribution in [3.05, 3.63) is 89.4 Å². The third kappa shape index (κ3) is 5.90. The molecule has 6 nitrogen and oxygen atoms in total. The average molecular weight is 466 g/mol.